The standard InChI is InChI=1S/C23H22FNO4/c24-22-18(19(26)13-21(25)27)11-12-20(28-14-16-7-3-1-4-8-16)23(22)29-15-17-9-5-2-6-10-17/h1-12,19,26H,13-15H2,(H2,25,27). The summed E-state index contributed by atoms with van der Waals surface area (Å²) in [4.78, 5) is 11.1. The van der Waals surface area contributed by atoms with Crippen molar-refractivity contribution in [3.63, 3.8) is 0 Å². The number of ether oxygens (including phenoxy) is 2. The lowest BCUT2D eigenvalue weighted by atomic mass is 10.0. The van der Waals surface area contributed by atoms with Crippen molar-refractivity contribution < 1.29 is 23.8 Å². The molecule has 150 valence electrons. The third kappa shape index (κ3) is 5.56. The topological polar surface area (TPSA) is 81.8 Å². The molecule has 3 aromatic carbocycles. The highest BCUT2D eigenvalue weighted by molar-refractivity contribution is 5.74. The summed E-state index contributed by atoms with van der Waals surface area (Å²) in [5.41, 5.74) is 6.82. The maximum Gasteiger partial charge on any atom is 0.220 e. The molecule has 6 heteroatoms. The van der Waals surface area contributed by atoms with Gasteiger partial charge < -0.3 is 20.3 Å². The van der Waals surface area contributed by atoms with E-state index in [9.17, 15) is 9.90 Å². The van der Waals surface area contributed by atoms with Gasteiger partial charge in [0.2, 0.25) is 5.91 Å². The predicted octanol–water partition coefficient (Wildman–Crippen LogP) is 3.89. The number of halogens is 1. The maximum atomic E-state index is 15.1. The van der Waals surface area contributed by atoms with Crippen LogP contribution in [0.1, 0.15) is 29.2 Å². The normalized spacial score (nSPS) is 11.7. The zero-order chi connectivity index (χ0) is 20.6. The smallest absolute Gasteiger partial charge is 0.220 e. The number of carbonyl (C=O) groups excluding carboxylic acids is 1. The van der Waals surface area contributed by atoms with Crippen molar-refractivity contribution in [2.75, 3.05) is 0 Å². The summed E-state index contributed by atoms with van der Waals surface area (Å²) in [5, 5.41) is 10.1. The number of benzene rings is 3. The van der Waals surface area contributed by atoms with E-state index in [1.807, 2.05) is 60.7 Å². The molecular weight excluding hydrogens is 373 g/mol. The Morgan fingerprint density at radius 1 is 0.897 bits per heavy atom. The minimum absolute atomic E-state index is 0.0704. The van der Waals surface area contributed by atoms with Gasteiger partial charge in [0.05, 0.1) is 12.5 Å². The second-order valence-electron chi connectivity index (χ2n) is 6.53. The van der Waals surface area contributed by atoms with Gasteiger partial charge >= 0.3 is 0 Å². The minimum Gasteiger partial charge on any atom is -0.485 e. The van der Waals surface area contributed by atoms with Gasteiger partial charge in [-0.25, -0.2) is 4.39 Å². The minimum atomic E-state index is -1.37. The summed E-state index contributed by atoms with van der Waals surface area (Å²) in [7, 11) is 0. The van der Waals surface area contributed by atoms with Gasteiger partial charge in [-0.15, -0.1) is 0 Å². The second kappa shape index (κ2) is 9.71. The van der Waals surface area contributed by atoms with Gasteiger partial charge in [-0.05, 0) is 23.3 Å². The van der Waals surface area contributed by atoms with Crippen molar-refractivity contribution in [1.29, 1.82) is 0 Å². The van der Waals surface area contributed by atoms with Crippen LogP contribution in [-0.2, 0) is 18.0 Å². The number of aliphatic hydroxyl groups excluding tert-OH is 1. The largest absolute Gasteiger partial charge is 0.485 e. The molecule has 0 aliphatic carbocycles. The van der Waals surface area contributed by atoms with Crippen molar-refractivity contribution in [3.8, 4) is 11.5 Å². The van der Waals surface area contributed by atoms with Crippen LogP contribution in [0, 0.1) is 5.82 Å². The molecule has 0 bridgehead atoms. The van der Waals surface area contributed by atoms with Crippen LogP contribution in [0.4, 0.5) is 4.39 Å². The van der Waals surface area contributed by atoms with Crippen LogP contribution in [0.25, 0.3) is 0 Å². The highest BCUT2D eigenvalue weighted by Crippen LogP contribution is 2.36. The lowest BCUT2D eigenvalue weighted by Gasteiger charge is -2.18. The molecule has 29 heavy (non-hydrogen) atoms. The molecule has 3 rings (SSSR count). The molecule has 0 aliphatic heterocycles. The SMILES string of the molecule is NC(=O)CC(O)c1ccc(OCc2ccccc2)c(OCc2ccccc2)c1F. The zero-order valence-corrected chi connectivity index (χ0v) is 15.8. The van der Waals surface area contributed by atoms with E-state index in [1.165, 1.54) is 12.1 Å². The number of hydrogen-bond donors (Lipinski definition) is 2. The Balaban J connectivity index is 1.86. The number of aliphatic hydroxyl groups is 1. The third-order valence-electron chi connectivity index (χ3n) is 4.31. The number of amides is 1. The Labute approximate surface area is 168 Å². The fourth-order valence-electron chi connectivity index (χ4n) is 2.82. The van der Waals surface area contributed by atoms with Crippen LogP contribution in [0.5, 0.6) is 11.5 Å². The molecule has 3 aromatic rings. The van der Waals surface area contributed by atoms with E-state index in [-0.39, 0.29) is 36.7 Å². The average Bonchev–Trinajstić information content (AvgIpc) is 2.72. The number of nitrogens with two attached hydrogens (primary N) is 1. The molecule has 0 fully saturated rings. The molecule has 1 amide bonds. The van der Waals surface area contributed by atoms with Gasteiger partial charge in [-0.1, -0.05) is 60.7 Å². The third-order valence-corrected chi connectivity index (χ3v) is 4.31. The highest BCUT2D eigenvalue weighted by Gasteiger charge is 2.22. The lowest BCUT2D eigenvalue weighted by Crippen LogP contribution is -2.16. The van der Waals surface area contributed by atoms with Gasteiger partial charge in [0.15, 0.2) is 17.3 Å². The first-order valence-corrected chi connectivity index (χ1v) is 9.17. The van der Waals surface area contributed by atoms with Gasteiger partial charge in [-0.3, -0.25) is 4.79 Å². The second-order valence-corrected chi connectivity index (χ2v) is 6.53. The predicted molar refractivity (Wildman–Crippen MR) is 107 cm³/mol. The van der Waals surface area contributed by atoms with Gasteiger partial charge in [0, 0.05) is 5.56 Å². The van der Waals surface area contributed by atoms with Crippen LogP contribution < -0.4 is 15.2 Å². The van der Waals surface area contributed by atoms with E-state index in [2.05, 4.69) is 0 Å². The summed E-state index contributed by atoms with van der Waals surface area (Å²) in [6.45, 7) is 0.347. The lowest BCUT2D eigenvalue weighted by molar-refractivity contribution is -0.119. The number of rotatable bonds is 9. The van der Waals surface area contributed by atoms with E-state index >= 15 is 4.39 Å². The Bertz CT molecular complexity index is 948. The van der Waals surface area contributed by atoms with E-state index in [0.717, 1.165) is 11.1 Å². The van der Waals surface area contributed by atoms with Gasteiger partial charge in [-0.2, -0.15) is 0 Å². The molecule has 0 heterocycles. The molecule has 5 nitrogen and oxygen atoms in total. The average molecular weight is 395 g/mol. The van der Waals surface area contributed by atoms with Crippen molar-refractivity contribution in [3.05, 3.63) is 95.3 Å². The zero-order valence-electron chi connectivity index (χ0n) is 15.8. The van der Waals surface area contributed by atoms with Crippen LogP contribution in [0.3, 0.4) is 0 Å². The fourth-order valence-corrected chi connectivity index (χ4v) is 2.82. The van der Waals surface area contributed by atoms with Gasteiger partial charge in [0.25, 0.3) is 0 Å². The van der Waals surface area contributed by atoms with E-state index in [1.54, 1.807) is 0 Å². The summed E-state index contributed by atoms with van der Waals surface area (Å²) in [5.74, 6) is -1.42. The molecular formula is C23H22FNO4. The molecule has 0 aliphatic rings. The number of hydrogen-bond acceptors (Lipinski definition) is 4. The first kappa shape index (κ1) is 20.4. The first-order chi connectivity index (χ1) is 14.0. The molecule has 0 saturated heterocycles. The van der Waals surface area contributed by atoms with E-state index < -0.39 is 17.8 Å². The molecule has 0 saturated carbocycles. The summed E-state index contributed by atoms with van der Waals surface area (Å²) >= 11 is 0. The quantitative estimate of drug-likeness (QED) is 0.576. The Morgan fingerprint density at radius 2 is 1.45 bits per heavy atom. The summed E-state index contributed by atoms with van der Waals surface area (Å²) < 4.78 is 26.6. The fraction of sp³-hybridized carbons (Fsp3) is 0.174. The molecule has 1 unspecified atom stereocenters. The Hall–Kier alpha value is -3.38. The monoisotopic (exact) mass is 395 g/mol. The van der Waals surface area contributed by atoms with Crippen molar-refractivity contribution in [1.82, 2.24) is 0 Å². The summed E-state index contributed by atoms with van der Waals surface area (Å²) in [6.07, 6.45) is -1.76. The molecule has 0 aromatic heterocycles. The molecule has 1 atom stereocenters. The van der Waals surface area contributed by atoms with Crippen molar-refractivity contribution in [2.24, 2.45) is 5.73 Å². The van der Waals surface area contributed by atoms with Gasteiger partial charge in [0.1, 0.15) is 13.2 Å². The summed E-state index contributed by atoms with van der Waals surface area (Å²) in [6, 6.07) is 21.6. The first-order valence-electron chi connectivity index (χ1n) is 9.17. The molecule has 0 radical (unpaired) electrons. The van der Waals surface area contributed by atoms with Crippen molar-refractivity contribution >= 4 is 5.91 Å². The Kier molecular flexibility index (Phi) is 6.81. The number of primary amides is 1. The van der Waals surface area contributed by atoms with Crippen molar-refractivity contribution in [2.45, 2.75) is 25.7 Å². The maximum absolute atomic E-state index is 15.1. The van der Waals surface area contributed by atoms with Crippen LogP contribution >= 0.6 is 0 Å². The van der Waals surface area contributed by atoms with Crippen LogP contribution in [0.15, 0.2) is 72.8 Å². The molecule has 0 spiro atoms. The van der Waals surface area contributed by atoms with E-state index in [0.29, 0.717) is 0 Å². The van der Waals surface area contributed by atoms with E-state index in [4.69, 9.17) is 15.2 Å². The van der Waals surface area contributed by atoms with Crippen LogP contribution in [0.2, 0.25) is 0 Å². The number of carbonyl (C=O) groups is 1. The Morgan fingerprint density at radius 3 is 2.00 bits per heavy atom. The highest BCUT2D eigenvalue weighted by atomic mass is 19.1. The molecule has 3 N–H and O–H groups in total. The van der Waals surface area contributed by atoms with Crippen LogP contribution in [-0.4, -0.2) is 11.0 Å².